The van der Waals surface area contributed by atoms with Crippen molar-refractivity contribution in [1.82, 2.24) is 0 Å². The van der Waals surface area contributed by atoms with Crippen LogP contribution in [0.25, 0.3) is 5.57 Å². The van der Waals surface area contributed by atoms with E-state index in [0.29, 0.717) is 5.54 Å². The molecule has 1 aliphatic rings. The molecule has 0 aromatic heterocycles. The monoisotopic (exact) mass is 248 g/mol. The fraction of sp³-hybridized carbons (Fsp3) is 0.286. The Morgan fingerprint density at radius 2 is 2.06 bits per heavy atom. The zero-order valence-electron chi connectivity index (χ0n) is 9.83. The van der Waals surface area contributed by atoms with Gasteiger partial charge >= 0.3 is 0 Å². The van der Waals surface area contributed by atoms with Crippen molar-refractivity contribution in [3.8, 4) is 0 Å². The average Bonchev–Trinajstić information content (AvgIpc) is 2.58. The maximum absolute atomic E-state index is 6.60. The number of hydrogen-bond acceptors (Lipinski definition) is 0. The average molecular weight is 249 g/mol. The molecule has 0 saturated carbocycles. The predicted octanol–water partition coefficient (Wildman–Crippen LogP) is 4.73. The van der Waals surface area contributed by atoms with Gasteiger partial charge in [0.1, 0.15) is 0 Å². The van der Waals surface area contributed by atoms with Crippen molar-refractivity contribution in [2.45, 2.75) is 25.1 Å². The number of allylic oxidation sites excluding steroid dienone is 3. The van der Waals surface area contributed by atoms with E-state index < -0.39 is 7.38 Å². The Hall–Kier alpha value is -0.793. The molecule has 0 aliphatic heterocycles. The first-order chi connectivity index (χ1) is 7.54. The Balaban J connectivity index is 2.48. The Morgan fingerprint density at radius 3 is 2.69 bits per heavy atom. The maximum atomic E-state index is 6.60. The minimum Gasteiger partial charge on any atom is -0.167 e. The molecule has 1 aromatic carbocycles. The fourth-order valence-corrected chi connectivity index (χ4v) is 4.47. The smallest absolute Gasteiger partial charge is 0.161 e. The summed E-state index contributed by atoms with van der Waals surface area (Å²) in [6.07, 6.45) is 5.26. The lowest BCUT2D eigenvalue weighted by Gasteiger charge is -2.21. The number of benzene rings is 1. The van der Waals surface area contributed by atoms with Crippen molar-refractivity contribution < 1.29 is 0 Å². The molecule has 2 rings (SSSR count). The minimum absolute atomic E-state index is 0.445. The summed E-state index contributed by atoms with van der Waals surface area (Å²) in [7, 11) is -1.68. The van der Waals surface area contributed by atoms with Crippen molar-refractivity contribution >= 4 is 24.0 Å². The lowest BCUT2D eigenvalue weighted by Crippen LogP contribution is -2.25. The molecule has 0 heterocycles. The number of hydrogen-bond donors (Lipinski definition) is 0. The van der Waals surface area contributed by atoms with Crippen molar-refractivity contribution in [2.24, 2.45) is 0 Å². The quantitative estimate of drug-likeness (QED) is 0.412. The topological polar surface area (TPSA) is 0 Å². The van der Waals surface area contributed by atoms with Gasteiger partial charge in [0.15, 0.2) is 7.38 Å². The molecule has 1 unspecified atom stereocenters. The van der Waals surface area contributed by atoms with Crippen LogP contribution in [0.4, 0.5) is 0 Å². The van der Waals surface area contributed by atoms with Gasteiger partial charge < -0.3 is 0 Å². The molecule has 0 saturated heterocycles. The van der Waals surface area contributed by atoms with Crippen molar-refractivity contribution in [3.05, 3.63) is 54.1 Å². The van der Waals surface area contributed by atoms with E-state index in [4.69, 9.17) is 11.1 Å². The summed E-state index contributed by atoms with van der Waals surface area (Å²) < 4.78 is 0. The molecule has 0 spiro atoms. The molecule has 0 radical (unpaired) electrons. The highest BCUT2D eigenvalue weighted by Crippen LogP contribution is 2.43. The summed E-state index contributed by atoms with van der Waals surface area (Å²) in [4.78, 5) is 0. The Kier molecular flexibility index (Phi) is 3.09. The van der Waals surface area contributed by atoms with Crippen LogP contribution in [0.1, 0.15) is 23.1 Å². The first kappa shape index (κ1) is 11.7. The van der Waals surface area contributed by atoms with Gasteiger partial charge in [-0.2, -0.15) is 11.1 Å². The van der Waals surface area contributed by atoms with Crippen LogP contribution in [0.15, 0.2) is 43.0 Å². The first-order valence-electron chi connectivity index (χ1n) is 5.64. The van der Waals surface area contributed by atoms with E-state index >= 15 is 0 Å². The van der Waals surface area contributed by atoms with E-state index in [0.717, 1.165) is 6.42 Å². The van der Waals surface area contributed by atoms with Gasteiger partial charge in [-0.15, -0.1) is 6.58 Å². The van der Waals surface area contributed by atoms with Gasteiger partial charge in [-0.1, -0.05) is 49.5 Å². The molecule has 1 atom stereocenters. The van der Waals surface area contributed by atoms with Crippen LogP contribution in [0.5, 0.6) is 0 Å². The lowest BCUT2D eigenvalue weighted by atomic mass is 10.0. The molecule has 1 aliphatic carbocycles. The largest absolute Gasteiger partial charge is 0.167 e. The second kappa shape index (κ2) is 4.23. The molecule has 0 bridgehead atoms. The summed E-state index contributed by atoms with van der Waals surface area (Å²) in [6.45, 7) is 8.25. The third-order valence-corrected chi connectivity index (χ3v) is 5.78. The maximum Gasteiger partial charge on any atom is 0.161 e. The van der Waals surface area contributed by atoms with Gasteiger partial charge in [0.05, 0.1) is 0 Å². The van der Waals surface area contributed by atoms with Crippen LogP contribution in [0, 0.1) is 0 Å². The van der Waals surface area contributed by atoms with Crippen LogP contribution in [-0.4, -0.2) is 7.38 Å². The molecule has 2 heteroatoms. The SMILES string of the molecule is C=CCC1=CC([Si](C)(C)Cl)c2ccccc21. The Labute approximate surface area is 103 Å². The van der Waals surface area contributed by atoms with Gasteiger partial charge in [-0.25, -0.2) is 0 Å². The zero-order valence-corrected chi connectivity index (χ0v) is 11.6. The summed E-state index contributed by atoms with van der Waals surface area (Å²) in [5, 5.41) is 0. The van der Waals surface area contributed by atoms with E-state index in [9.17, 15) is 0 Å². The number of fused-ring (bicyclic) bond motifs is 1. The van der Waals surface area contributed by atoms with Gasteiger partial charge in [0.25, 0.3) is 0 Å². The summed E-state index contributed by atoms with van der Waals surface area (Å²) in [5.41, 5.74) is 4.61. The second-order valence-corrected chi connectivity index (χ2v) is 11.5. The lowest BCUT2D eigenvalue weighted by molar-refractivity contribution is 1.19. The van der Waals surface area contributed by atoms with Crippen LogP contribution >= 0.6 is 11.1 Å². The van der Waals surface area contributed by atoms with E-state index in [2.05, 4.69) is 50.0 Å². The molecular weight excluding hydrogens is 232 g/mol. The normalized spacial score (nSPS) is 19.2. The highest BCUT2D eigenvalue weighted by Gasteiger charge is 2.35. The van der Waals surface area contributed by atoms with Gasteiger partial charge in [0, 0.05) is 5.54 Å². The van der Waals surface area contributed by atoms with Crippen LogP contribution in [0.2, 0.25) is 13.1 Å². The molecule has 0 fully saturated rings. The third kappa shape index (κ3) is 2.02. The fourth-order valence-electron chi connectivity index (χ4n) is 2.34. The van der Waals surface area contributed by atoms with Crippen molar-refractivity contribution in [3.63, 3.8) is 0 Å². The van der Waals surface area contributed by atoms with E-state index in [-0.39, 0.29) is 0 Å². The Morgan fingerprint density at radius 1 is 1.38 bits per heavy atom. The highest BCUT2D eigenvalue weighted by atomic mass is 35.6. The minimum atomic E-state index is -1.68. The summed E-state index contributed by atoms with van der Waals surface area (Å²) >= 11 is 6.60. The molecule has 84 valence electrons. The number of rotatable bonds is 3. The summed E-state index contributed by atoms with van der Waals surface area (Å²) in [5.74, 6) is 0. The van der Waals surface area contributed by atoms with Gasteiger partial charge in [-0.3, -0.25) is 0 Å². The Bertz CT molecular complexity index is 440. The molecule has 1 aromatic rings. The summed E-state index contributed by atoms with van der Waals surface area (Å²) in [6, 6.07) is 8.61. The van der Waals surface area contributed by atoms with Gasteiger partial charge in [-0.05, 0) is 23.1 Å². The predicted molar refractivity (Wildman–Crippen MR) is 75.3 cm³/mol. The van der Waals surface area contributed by atoms with Crippen molar-refractivity contribution in [1.29, 1.82) is 0 Å². The highest BCUT2D eigenvalue weighted by molar-refractivity contribution is 7.20. The zero-order chi connectivity index (χ0) is 11.8. The molecule has 0 amide bonds. The van der Waals surface area contributed by atoms with Crippen LogP contribution < -0.4 is 0 Å². The number of halogens is 1. The van der Waals surface area contributed by atoms with Crippen molar-refractivity contribution in [2.75, 3.05) is 0 Å². The van der Waals surface area contributed by atoms with Gasteiger partial charge in [0.2, 0.25) is 0 Å². The van der Waals surface area contributed by atoms with E-state index in [1.54, 1.807) is 0 Å². The third-order valence-electron chi connectivity index (χ3n) is 3.11. The van der Waals surface area contributed by atoms with Crippen LogP contribution in [0.3, 0.4) is 0 Å². The first-order valence-corrected chi connectivity index (χ1v) is 9.72. The second-order valence-electron chi connectivity index (χ2n) is 4.81. The van der Waals surface area contributed by atoms with E-state index in [1.165, 1.54) is 16.7 Å². The molecular formula is C14H17ClSi. The molecule has 0 nitrogen and oxygen atoms in total. The standard InChI is InChI=1S/C14H17ClSi/c1-4-7-11-10-14(16(2,3)15)13-9-6-5-8-12(11)13/h4-6,8-10,14H,1,7H2,2-3H3. The van der Waals surface area contributed by atoms with Crippen LogP contribution in [-0.2, 0) is 0 Å². The molecule has 0 N–H and O–H groups in total. The molecule has 16 heavy (non-hydrogen) atoms. The van der Waals surface area contributed by atoms with E-state index in [1.807, 2.05) is 6.08 Å².